The van der Waals surface area contributed by atoms with Gasteiger partial charge >= 0.3 is 0 Å². The van der Waals surface area contributed by atoms with E-state index in [1.807, 2.05) is 60.8 Å². The highest BCUT2D eigenvalue weighted by Crippen LogP contribution is 2.34. The zero-order valence-electron chi connectivity index (χ0n) is 13.5. The van der Waals surface area contributed by atoms with E-state index in [9.17, 15) is 9.90 Å². The Morgan fingerprint density at radius 1 is 1.21 bits per heavy atom. The van der Waals surface area contributed by atoms with E-state index < -0.39 is 5.60 Å². The Labute approximate surface area is 145 Å². The van der Waals surface area contributed by atoms with Crippen molar-refractivity contribution in [1.82, 2.24) is 4.90 Å². The van der Waals surface area contributed by atoms with Crippen LogP contribution in [-0.2, 0) is 5.60 Å². The average molecular weight is 337 g/mol. The molecule has 2 heterocycles. The molecule has 1 saturated heterocycles. The number of carbonyl (C=O) groups is 1. The second-order valence-corrected chi connectivity index (χ2v) is 7.44. The van der Waals surface area contributed by atoms with E-state index in [4.69, 9.17) is 0 Å². The molecule has 0 saturated carbocycles. The van der Waals surface area contributed by atoms with E-state index in [0.717, 1.165) is 16.5 Å². The fraction of sp³-hybridized carbons (Fsp3) is 0.250. The molecule has 1 amide bonds. The lowest BCUT2D eigenvalue weighted by Crippen LogP contribution is -2.34. The normalized spacial score (nSPS) is 20.7. The van der Waals surface area contributed by atoms with Crippen molar-refractivity contribution in [1.29, 1.82) is 0 Å². The number of fused-ring (bicyclic) bond motifs is 1. The molecular formula is C20H19NO2S. The van der Waals surface area contributed by atoms with Crippen LogP contribution in [-0.4, -0.2) is 29.0 Å². The van der Waals surface area contributed by atoms with Gasteiger partial charge in [0.1, 0.15) is 5.60 Å². The Morgan fingerprint density at radius 2 is 2.04 bits per heavy atom. The molecule has 0 spiro atoms. The zero-order valence-corrected chi connectivity index (χ0v) is 14.3. The molecule has 3 nitrogen and oxygen atoms in total. The summed E-state index contributed by atoms with van der Waals surface area (Å²) in [6, 6.07) is 15.7. The van der Waals surface area contributed by atoms with Gasteiger partial charge in [0.2, 0.25) is 0 Å². The molecule has 1 fully saturated rings. The first-order valence-electron chi connectivity index (χ1n) is 8.12. The van der Waals surface area contributed by atoms with Crippen molar-refractivity contribution in [2.45, 2.75) is 18.9 Å². The Hall–Kier alpha value is -2.17. The summed E-state index contributed by atoms with van der Waals surface area (Å²) in [4.78, 5) is 14.6. The largest absolute Gasteiger partial charge is 0.383 e. The number of rotatable bonds is 2. The number of thiophene rings is 1. The van der Waals surface area contributed by atoms with Crippen LogP contribution >= 0.6 is 11.3 Å². The van der Waals surface area contributed by atoms with Crippen molar-refractivity contribution >= 4 is 27.3 Å². The van der Waals surface area contributed by atoms with Crippen LogP contribution in [0.15, 0.2) is 53.9 Å². The first-order valence-corrected chi connectivity index (χ1v) is 9.00. The molecule has 1 aliphatic rings. The van der Waals surface area contributed by atoms with Crippen LogP contribution in [0.5, 0.6) is 0 Å². The molecule has 4 rings (SSSR count). The SMILES string of the molecule is Cc1ccccc1[C@@]1(O)CCN(C(=O)c2ccc3sccc3c2)C1. The monoisotopic (exact) mass is 337 g/mol. The third kappa shape index (κ3) is 2.52. The topological polar surface area (TPSA) is 40.5 Å². The number of hydrogen-bond donors (Lipinski definition) is 1. The van der Waals surface area contributed by atoms with E-state index >= 15 is 0 Å². The van der Waals surface area contributed by atoms with Crippen LogP contribution < -0.4 is 0 Å². The number of carbonyl (C=O) groups excluding carboxylic acids is 1. The van der Waals surface area contributed by atoms with Gasteiger partial charge in [-0.15, -0.1) is 11.3 Å². The van der Waals surface area contributed by atoms with Crippen molar-refractivity contribution in [2.24, 2.45) is 0 Å². The van der Waals surface area contributed by atoms with Crippen LogP contribution in [0, 0.1) is 6.92 Å². The maximum Gasteiger partial charge on any atom is 0.253 e. The van der Waals surface area contributed by atoms with Gasteiger partial charge in [0, 0.05) is 16.8 Å². The zero-order chi connectivity index (χ0) is 16.7. The predicted molar refractivity (Wildman–Crippen MR) is 97.4 cm³/mol. The standard InChI is InChI=1S/C20H19NO2S/c1-14-4-2-3-5-17(14)20(23)9-10-21(13-20)19(22)16-6-7-18-15(12-16)8-11-24-18/h2-8,11-12,23H,9-10,13H2,1H3/t20-/m1/s1. The Morgan fingerprint density at radius 3 is 2.88 bits per heavy atom. The number of β-amino-alcohol motifs (C(OH)–C–C–N with tert-alkyl or cyclic N) is 1. The van der Waals surface area contributed by atoms with E-state index in [-0.39, 0.29) is 5.91 Å². The Kier molecular flexibility index (Phi) is 3.66. The van der Waals surface area contributed by atoms with Gasteiger partial charge < -0.3 is 10.0 Å². The summed E-state index contributed by atoms with van der Waals surface area (Å²) in [7, 11) is 0. The number of aliphatic hydroxyl groups is 1. The lowest BCUT2D eigenvalue weighted by Gasteiger charge is -2.25. The highest BCUT2D eigenvalue weighted by Gasteiger charge is 2.40. The second kappa shape index (κ2) is 5.72. The fourth-order valence-electron chi connectivity index (χ4n) is 3.56. The Bertz CT molecular complexity index is 917. The predicted octanol–water partition coefficient (Wildman–Crippen LogP) is 3.94. The van der Waals surface area contributed by atoms with Gasteiger partial charge in [-0.2, -0.15) is 0 Å². The molecule has 3 aromatic rings. The Balaban J connectivity index is 1.60. The number of benzene rings is 2. The van der Waals surface area contributed by atoms with E-state index in [1.165, 1.54) is 4.70 Å². The smallest absolute Gasteiger partial charge is 0.253 e. The molecule has 1 N–H and O–H groups in total. The van der Waals surface area contributed by atoms with Gasteiger partial charge in [-0.25, -0.2) is 0 Å². The van der Waals surface area contributed by atoms with Crippen molar-refractivity contribution < 1.29 is 9.90 Å². The summed E-state index contributed by atoms with van der Waals surface area (Å²) in [6.45, 7) is 2.92. The molecule has 0 unspecified atom stereocenters. The molecular weight excluding hydrogens is 318 g/mol. The lowest BCUT2D eigenvalue weighted by molar-refractivity contribution is 0.0412. The van der Waals surface area contributed by atoms with Crippen LogP contribution in [0.2, 0.25) is 0 Å². The molecule has 1 atom stereocenters. The van der Waals surface area contributed by atoms with Crippen LogP contribution in [0.25, 0.3) is 10.1 Å². The van der Waals surface area contributed by atoms with Gasteiger partial charge in [0.25, 0.3) is 5.91 Å². The summed E-state index contributed by atoms with van der Waals surface area (Å²) in [5, 5.41) is 14.2. The molecule has 0 radical (unpaired) electrons. The minimum absolute atomic E-state index is 0.00684. The van der Waals surface area contributed by atoms with Gasteiger partial charge in [0.05, 0.1) is 6.54 Å². The number of aryl methyl sites for hydroxylation is 1. The fourth-order valence-corrected chi connectivity index (χ4v) is 4.34. The second-order valence-electron chi connectivity index (χ2n) is 6.50. The number of amides is 1. The average Bonchev–Trinajstić information content (AvgIpc) is 3.21. The third-order valence-corrected chi connectivity index (χ3v) is 5.78. The minimum Gasteiger partial charge on any atom is -0.383 e. The minimum atomic E-state index is -0.951. The van der Waals surface area contributed by atoms with Gasteiger partial charge in [-0.05, 0) is 59.5 Å². The maximum absolute atomic E-state index is 12.8. The van der Waals surface area contributed by atoms with Gasteiger partial charge in [-0.3, -0.25) is 4.79 Å². The first-order chi connectivity index (χ1) is 11.6. The summed E-state index contributed by atoms with van der Waals surface area (Å²) in [6.07, 6.45) is 0.574. The summed E-state index contributed by atoms with van der Waals surface area (Å²) in [5.74, 6) is -0.00684. The first kappa shape index (κ1) is 15.4. The molecule has 122 valence electrons. The summed E-state index contributed by atoms with van der Waals surface area (Å²) >= 11 is 1.67. The van der Waals surface area contributed by atoms with Crippen molar-refractivity contribution in [3.63, 3.8) is 0 Å². The van der Waals surface area contributed by atoms with Gasteiger partial charge in [0.15, 0.2) is 0 Å². The van der Waals surface area contributed by atoms with Crippen molar-refractivity contribution in [2.75, 3.05) is 13.1 Å². The lowest BCUT2D eigenvalue weighted by atomic mass is 9.89. The van der Waals surface area contributed by atoms with E-state index in [2.05, 4.69) is 0 Å². The summed E-state index contributed by atoms with van der Waals surface area (Å²) < 4.78 is 1.18. The number of nitrogens with zero attached hydrogens (tertiary/aromatic N) is 1. The molecule has 4 heteroatoms. The van der Waals surface area contributed by atoms with Crippen LogP contribution in [0.1, 0.15) is 27.9 Å². The van der Waals surface area contributed by atoms with E-state index in [0.29, 0.717) is 25.1 Å². The highest BCUT2D eigenvalue weighted by atomic mass is 32.1. The van der Waals surface area contributed by atoms with Crippen molar-refractivity contribution in [3.8, 4) is 0 Å². The van der Waals surface area contributed by atoms with Gasteiger partial charge in [-0.1, -0.05) is 24.3 Å². The maximum atomic E-state index is 12.8. The number of hydrogen-bond acceptors (Lipinski definition) is 3. The third-order valence-electron chi connectivity index (χ3n) is 4.88. The molecule has 1 aliphatic heterocycles. The van der Waals surface area contributed by atoms with E-state index in [1.54, 1.807) is 16.2 Å². The molecule has 2 aromatic carbocycles. The van der Waals surface area contributed by atoms with Crippen LogP contribution in [0.3, 0.4) is 0 Å². The molecule has 0 bridgehead atoms. The van der Waals surface area contributed by atoms with Crippen molar-refractivity contribution in [3.05, 3.63) is 70.6 Å². The molecule has 1 aromatic heterocycles. The quantitative estimate of drug-likeness (QED) is 0.769. The molecule has 0 aliphatic carbocycles. The van der Waals surface area contributed by atoms with Crippen LogP contribution in [0.4, 0.5) is 0 Å². The molecule has 24 heavy (non-hydrogen) atoms. The highest BCUT2D eigenvalue weighted by molar-refractivity contribution is 7.17. The summed E-state index contributed by atoms with van der Waals surface area (Å²) in [5.41, 5.74) is 1.73. The number of likely N-dealkylation sites (tertiary alicyclic amines) is 1.